The van der Waals surface area contributed by atoms with Gasteiger partial charge in [-0.05, 0) is 25.5 Å². The van der Waals surface area contributed by atoms with Crippen molar-refractivity contribution in [2.45, 2.75) is 37.1 Å². The van der Waals surface area contributed by atoms with Gasteiger partial charge in [0.1, 0.15) is 0 Å². The van der Waals surface area contributed by atoms with Crippen molar-refractivity contribution in [3.05, 3.63) is 45.7 Å². The van der Waals surface area contributed by atoms with Gasteiger partial charge >= 0.3 is 5.97 Å². The number of nitrogens with one attached hydrogen (secondary N) is 1. The number of carbonyl (C=O) groups is 2. The van der Waals surface area contributed by atoms with Gasteiger partial charge in [-0.1, -0.05) is 30.8 Å². The van der Waals surface area contributed by atoms with E-state index in [1.54, 1.807) is 37.6 Å². The highest BCUT2D eigenvalue weighted by Gasteiger charge is 2.22. The minimum absolute atomic E-state index is 0.0648. The average Bonchev–Trinajstić information content (AvgIpc) is 3.16. The van der Waals surface area contributed by atoms with E-state index in [0.29, 0.717) is 39.9 Å². The molecule has 0 aliphatic rings. The molecule has 0 radical (unpaired) electrons. The van der Waals surface area contributed by atoms with E-state index in [9.17, 15) is 14.4 Å². The Labute approximate surface area is 181 Å². The van der Waals surface area contributed by atoms with E-state index in [1.807, 2.05) is 13.0 Å². The second-order valence-corrected chi connectivity index (χ2v) is 8.43. The number of anilines is 1. The lowest BCUT2D eigenvalue weighted by Crippen LogP contribution is -2.27. The molecule has 0 saturated carbocycles. The van der Waals surface area contributed by atoms with Crippen LogP contribution in [0.4, 0.5) is 5.13 Å². The Morgan fingerprint density at radius 2 is 2.03 bits per heavy atom. The van der Waals surface area contributed by atoms with Crippen LogP contribution in [-0.2, 0) is 27.8 Å². The molecule has 0 aliphatic heterocycles. The fourth-order valence-electron chi connectivity index (χ4n) is 2.74. The van der Waals surface area contributed by atoms with E-state index in [0.717, 1.165) is 0 Å². The molecule has 158 valence electrons. The van der Waals surface area contributed by atoms with Crippen molar-refractivity contribution in [3.63, 3.8) is 0 Å². The van der Waals surface area contributed by atoms with E-state index in [-0.39, 0.29) is 23.9 Å². The molecule has 3 rings (SSSR count). The molecule has 10 heteroatoms. The van der Waals surface area contributed by atoms with Crippen molar-refractivity contribution in [1.82, 2.24) is 14.5 Å². The fourth-order valence-corrected chi connectivity index (χ4v) is 4.44. The summed E-state index contributed by atoms with van der Waals surface area (Å²) in [4.78, 5) is 45.7. The molecule has 2 aromatic heterocycles. The van der Waals surface area contributed by atoms with E-state index in [1.165, 1.54) is 27.7 Å². The number of esters is 1. The number of thiazole rings is 1. The van der Waals surface area contributed by atoms with Gasteiger partial charge in [0.2, 0.25) is 5.91 Å². The van der Waals surface area contributed by atoms with E-state index in [2.05, 4.69) is 15.3 Å². The number of fused-ring (bicyclic) bond motifs is 1. The third-order valence-corrected chi connectivity index (χ3v) is 6.48. The monoisotopic (exact) mass is 446 g/mol. The maximum Gasteiger partial charge on any atom is 0.311 e. The van der Waals surface area contributed by atoms with Gasteiger partial charge in [-0.2, -0.15) is 0 Å². The summed E-state index contributed by atoms with van der Waals surface area (Å²) in [5, 5.41) is 5.48. The number of ether oxygens (including phenoxy) is 1. The zero-order chi connectivity index (χ0) is 21.7. The Morgan fingerprint density at radius 3 is 2.77 bits per heavy atom. The zero-order valence-electron chi connectivity index (χ0n) is 16.9. The first-order valence-electron chi connectivity index (χ1n) is 9.46. The summed E-state index contributed by atoms with van der Waals surface area (Å²) in [6, 6.07) is 7.14. The summed E-state index contributed by atoms with van der Waals surface area (Å²) in [6.45, 7) is 3.95. The SMILES string of the molecule is CCOC(=O)Cc1csc(NC(=O)C(CC)Sc2nc3ccccc3c(=O)n2C)n1. The number of aromatic nitrogens is 3. The number of carbonyl (C=O) groups excluding carboxylic acids is 2. The molecule has 1 atom stereocenters. The van der Waals surface area contributed by atoms with Gasteiger partial charge in [-0.25, -0.2) is 9.97 Å². The molecular weight excluding hydrogens is 424 g/mol. The zero-order valence-corrected chi connectivity index (χ0v) is 18.5. The Morgan fingerprint density at radius 1 is 1.27 bits per heavy atom. The maximum atomic E-state index is 12.8. The summed E-state index contributed by atoms with van der Waals surface area (Å²) >= 11 is 2.49. The van der Waals surface area contributed by atoms with Gasteiger partial charge in [0.25, 0.3) is 5.56 Å². The number of nitrogens with zero attached hydrogens (tertiary/aromatic N) is 3. The lowest BCUT2D eigenvalue weighted by atomic mass is 10.2. The summed E-state index contributed by atoms with van der Waals surface area (Å²) in [6.07, 6.45) is 0.607. The maximum absolute atomic E-state index is 12.8. The van der Waals surface area contributed by atoms with Crippen LogP contribution < -0.4 is 10.9 Å². The number of benzene rings is 1. The lowest BCUT2D eigenvalue weighted by molar-refractivity contribution is -0.142. The standard InChI is InChI=1S/C20H22N4O4S2/c1-4-15(17(26)23-19-21-12(11-29-19)10-16(25)28-5-2)30-20-22-14-9-7-6-8-13(14)18(27)24(20)3/h6-9,11,15H,4-5,10H2,1-3H3,(H,21,23,26). The molecule has 1 aromatic carbocycles. The lowest BCUT2D eigenvalue weighted by Gasteiger charge is -2.15. The van der Waals surface area contributed by atoms with E-state index < -0.39 is 5.25 Å². The molecule has 8 nitrogen and oxygen atoms in total. The van der Waals surface area contributed by atoms with Crippen LogP contribution in [0, 0.1) is 0 Å². The molecule has 1 N–H and O–H groups in total. The molecule has 0 fully saturated rings. The minimum Gasteiger partial charge on any atom is -0.466 e. The van der Waals surface area contributed by atoms with E-state index in [4.69, 9.17) is 4.74 Å². The molecule has 2 heterocycles. The van der Waals surface area contributed by atoms with Crippen LogP contribution in [-0.4, -0.2) is 38.3 Å². The largest absolute Gasteiger partial charge is 0.466 e. The third kappa shape index (κ3) is 5.06. The Kier molecular flexibility index (Phi) is 7.22. The smallest absolute Gasteiger partial charge is 0.311 e. The predicted octanol–water partition coefficient (Wildman–Crippen LogP) is 3.01. The number of para-hydroxylation sites is 1. The van der Waals surface area contributed by atoms with Gasteiger partial charge in [-0.3, -0.25) is 19.0 Å². The van der Waals surface area contributed by atoms with Gasteiger partial charge in [-0.15, -0.1) is 11.3 Å². The second-order valence-electron chi connectivity index (χ2n) is 6.41. The first-order valence-corrected chi connectivity index (χ1v) is 11.2. The van der Waals surface area contributed by atoms with Crippen LogP contribution in [0.25, 0.3) is 10.9 Å². The molecule has 1 unspecified atom stereocenters. The quantitative estimate of drug-likeness (QED) is 0.322. The molecule has 0 bridgehead atoms. The number of rotatable bonds is 8. The Bertz CT molecular complexity index is 1130. The Balaban J connectivity index is 1.72. The number of thioether (sulfide) groups is 1. The average molecular weight is 447 g/mol. The fraction of sp³-hybridized carbons (Fsp3) is 0.350. The summed E-state index contributed by atoms with van der Waals surface area (Å²) in [7, 11) is 1.65. The number of hydrogen-bond acceptors (Lipinski definition) is 8. The second kappa shape index (κ2) is 9.86. The van der Waals surface area contributed by atoms with Crippen LogP contribution in [0.3, 0.4) is 0 Å². The highest BCUT2D eigenvalue weighted by Crippen LogP contribution is 2.26. The minimum atomic E-state index is -0.457. The molecular formula is C20H22N4O4S2. The topological polar surface area (TPSA) is 103 Å². The third-order valence-electron chi connectivity index (χ3n) is 4.27. The first-order chi connectivity index (χ1) is 14.4. The summed E-state index contributed by atoms with van der Waals surface area (Å²) < 4.78 is 6.37. The van der Waals surface area contributed by atoms with Gasteiger partial charge in [0, 0.05) is 12.4 Å². The van der Waals surface area contributed by atoms with Crippen LogP contribution >= 0.6 is 23.1 Å². The van der Waals surface area contributed by atoms with E-state index >= 15 is 0 Å². The number of amides is 1. The molecule has 0 aliphatic carbocycles. The van der Waals surface area contributed by atoms with Gasteiger partial charge < -0.3 is 10.1 Å². The van der Waals surface area contributed by atoms with Crippen LogP contribution in [0.15, 0.2) is 39.6 Å². The Hall–Kier alpha value is -2.72. The molecule has 1 amide bonds. The highest BCUT2D eigenvalue weighted by molar-refractivity contribution is 8.00. The van der Waals surface area contributed by atoms with Crippen molar-refractivity contribution in [1.29, 1.82) is 0 Å². The van der Waals surface area contributed by atoms with Crippen molar-refractivity contribution in [2.75, 3.05) is 11.9 Å². The molecule has 0 saturated heterocycles. The summed E-state index contributed by atoms with van der Waals surface area (Å²) in [5.74, 6) is -0.590. The van der Waals surface area contributed by atoms with Crippen molar-refractivity contribution < 1.29 is 14.3 Å². The van der Waals surface area contributed by atoms with Crippen molar-refractivity contribution in [2.24, 2.45) is 7.05 Å². The van der Waals surface area contributed by atoms with Crippen molar-refractivity contribution >= 4 is 51.0 Å². The predicted molar refractivity (Wildman–Crippen MR) is 118 cm³/mol. The first kappa shape index (κ1) is 22.0. The normalized spacial score (nSPS) is 12.0. The van der Waals surface area contributed by atoms with Crippen LogP contribution in [0.5, 0.6) is 0 Å². The van der Waals surface area contributed by atoms with Gasteiger partial charge in [0.05, 0.1) is 34.9 Å². The molecule has 3 aromatic rings. The molecule has 30 heavy (non-hydrogen) atoms. The summed E-state index contributed by atoms with van der Waals surface area (Å²) in [5.41, 5.74) is 0.997. The van der Waals surface area contributed by atoms with Crippen LogP contribution in [0.1, 0.15) is 26.0 Å². The van der Waals surface area contributed by atoms with Crippen molar-refractivity contribution in [3.8, 4) is 0 Å². The molecule has 0 spiro atoms. The van der Waals surface area contributed by atoms with Crippen LogP contribution in [0.2, 0.25) is 0 Å². The number of hydrogen-bond donors (Lipinski definition) is 1. The highest BCUT2D eigenvalue weighted by atomic mass is 32.2. The van der Waals surface area contributed by atoms with Gasteiger partial charge in [0.15, 0.2) is 10.3 Å².